The molecule has 0 unspecified atom stereocenters. The number of carbonyl (C=O) groups is 1. The van der Waals surface area contributed by atoms with Crippen LogP contribution < -0.4 is 9.47 Å². The first-order chi connectivity index (χ1) is 10.1. The molecule has 0 saturated heterocycles. The summed E-state index contributed by atoms with van der Waals surface area (Å²) >= 11 is 6.21. The summed E-state index contributed by atoms with van der Waals surface area (Å²) in [5, 5.41) is 9.35. The smallest absolute Gasteiger partial charge is 0.317 e. The number of terminal acetylenes is 1. The molecule has 1 heterocycles. The number of hydrogen-bond acceptors (Lipinski definition) is 4. The molecule has 0 spiro atoms. The number of carboxylic acid groups (broad SMARTS) is 1. The van der Waals surface area contributed by atoms with Gasteiger partial charge in [-0.25, -0.2) is 0 Å². The summed E-state index contributed by atoms with van der Waals surface area (Å²) < 4.78 is 11.2. The topological polar surface area (TPSA) is 59.0 Å². The number of hydrogen-bond donors (Lipinski definition) is 1. The summed E-state index contributed by atoms with van der Waals surface area (Å²) in [6, 6.07) is 3.57. The predicted octanol–water partition coefficient (Wildman–Crippen LogP) is 2.02. The summed E-state index contributed by atoms with van der Waals surface area (Å²) in [6.45, 7) is 1.63. The van der Waals surface area contributed by atoms with Crippen molar-refractivity contribution in [1.29, 1.82) is 0 Å². The average Bonchev–Trinajstić information content (AvgIpc) is 2.63. The van der Waals surface area contributed by atoms with E-state index < -0.39 is 5.97 Å². The van der Waals surface area contributed by atoms with Crippen LogP contribution in [0.3, 0.4) is 0 Å². The van der Waals surface area contributed by atoms with Crippen molar-refractivity contribution < 1.29 is 19.4 Å². The lowest BCUT2D eigenvalue weighted by molar-refractivity contribution is -0.138. The summed E-state index contributed by atoms with van der Waals surface area (Å²) in [4.78, 5) is 12.5. The number of nitrogens with zero attached hydrogens (tertiary/aromatic N) is 1. The van der Waals surface area contributed by atoms with Gasteiger partial charge >= 0.3 is 5.97 Å². The van der Waals surface area contributed by atoms with Crippen LogP contribution in [-0.2, 0) is 11.3 Å². The van der Waals surface area contributed by atoms with E-state index in [0.717, 1.165) is 12.0 Å². The molecule has 1 aliphatic heterocycles. The minimum Gasteiger partial charge on any atom is -0.489 e. The van der Waals surface area contributed by atoms with Gasteiger partial charge in [0.25, 0.3) is 0 Å². The predicted molar refractivity (Wildman–Crippen MR) is 78.8 cm³/mol. The van der Waals surface area contributed by atoms with Crippen LogP contribution in [0, 0.1) is 12.3 Å². The summed E-state index contributed by atoms with van der Waals surface area (Å²) in [7, 11) is 0. The molecule has 0 aliphatic carbocycles. The number of fused-ring (bicyclic) bond motifs is 1. The molecular formula is C15H16ClNO4. The minimum atomic E-state index is -0.925. The quantitative estimate of drug-likeness (QED) is 0.843. The number of ether oxygens (including phenoxy) is 2. The lowest BCUT2D eigenvalue weighted by Gasteiger charge is -2.19. The lowest BCUT2D eigenvalue weighted by atomic mass is 10.2. The van der Waals surface area contributed by atoms with Crippen LogP contribution in [0.4, 0.5) is 0 Å². The second-order valence-electron chi connectivity index (χ2n) is 4.70. The van der Waals surface area contributed by atoms with Gasteiger partial charge in [0, 0.05) is 13.0 Å². The Morgan fingerprint density at radius 2 is 2.19 bits per heavy atom. The molecule has 0 radical (unpaired) electrons. The van der Waals surface area contributed by atoms with Crippen LogP contribution in [0.1, 0.15) is 12.0 Å². The van der Waals surface area contributed by atoms with Crippen molar-refractivity contribution in [3.63, 3.8) is 0 Å². The average molecular weight is 310 g/mol. The Balaban J connectivity index is 2.19. The molecule has 6 heteroatoms. The van der Waals surface area contributed by atoms with Gasteiger partial charge in [-0.15, -0.1) is 6.42 Å². The van der Waals surface area contributed by atoms with E-state index in [2.05, 4.69) is 5.92 Å². The Morgan fingerprint density at radius 3 is 2.90 bits per heavy atom. The third-order valence-electron chi connectivity index (χ3n) is 2.94. The van der Waals surface area contributed by atoms with Crippen LogP contribution in [0.15, 0.2) is 12.1 Å². The molecule has 0 fully saturated rings. The van der Waals surface area contributed by atoms with Gasteiger partial charge in [-0.1, -0.05) is 17.5 Å². The molecule has 1 aromatic carbocycles. The third-order valence-corrected chi connectivity index (χ3v) is 3.22. The van der Waals surface area contributed by atoms with E-state index in [4.69, 9.17) is 32.6 Å². The highest BCUT2D eigenvalue weighted by atomic mass is 35.5. The largest absolute Gasteiger partial charge is 0.489 e. The number of aliphatic carboxylic acids is 1. The van der Waals surface area contributed by atoms with Gasteiger partial charge < -0.3 is 14.6 Å². The fourth-order valence-electron chi connectivity index (χ4n) is 2.12. The molecular weight excluding hydrogens is 294 g/mol. The van der Waals surface area contributed by atoms with Crippen LogP contribution in [0.2, 0.25) is 5.02 Å². The molecule has 0 amide bonds. The van der Waals surface area contributed by atoms with Crippen molar-refractivity contribution in [3.8, 4) is 23.8 Å². The Kier molecular flexibility index (Phi) is 5.32. The van der Waals surface area contributed by atoms with Crippen molar-refractivity contribution in [2.75, 3.05) is 26.3 Å². The molecule has 1 N–H and O–H groups in total. The van der Waals surface area contributed by atoms with E-state index in [9.17, 15) is 4.79 Å². The number of rotatable bonds is 5. The number of halogens is 1. The molecule has 21 heavy (non-hydrogen) atoms. The van der Waals surface area contributed by atoms with Gasteiger partial charge in [0.15, 0.2) is 11.5 Å². The monoisotopic (exact) mass is 309 g/mol. The second kappa shape index (κ2) is 7.21. The number of carboxylic acids is 1. The summed E-state index contributed by atoms with van der Waals surface area (Å²) in [6.07, 6.45) is 6.06. The first-order valence-electron chi connectivity index (χ1n) is 6.56. The fourth-order valence-corrected chi connectivity index (χ4v) is 2.41. The lowest BCUT2D eigenvalue weighted by Crippen LogP contribution is -2.29. The molecule has 0 atom stereocenters. The summed E-state index contributed by atoms with van der Waals surface area (Å²) in [5.41, 5.74) is 0.834. The standard InChI is InChI=1S/C15H16ClNO4/c1-2-4-17(10-14(18)19)9-11-7-12(16)15-13(8-11)20-5-3-6-21-15/h1,7-8H,3-6,9-10H2,(H,18,19). The Bertz CT molecular complexity index is 568. The normalized spacial score (nSPS) is 13.6. The van der Waals surface area contributed by atoms with Crippen molar-refractivity contribution in [2.24, 2.45) is 0 Å². The second-order valence-corrected chi connectivity index (χ2v) is 5.11. The van der Waals surface area contributed by atoms with Crippen molar-refractivity contribution >= 4 is 17.6 Å². The van der Waals surface area contributed by atoms with E-state index in [1.54, 1.807) is 11.0 Å². The zero-order chi connectivity index (χ0) is 15.2. The SMILES string of the molecule is C#CCN(CC(=O)O)Cc1cc(Cl)c2c(c1)OCCCO2. The maximum absolute atomic E-state index is 10.8. The maximum atomic E-state index is 10.8. The van der Waals surface area contributed by atoms with Gasteiger partial charge in [-0.3, -0.25) is 9.69 Å². The van der Waals surface area contributed by atoms with Crippen molar-refractivity contribution in [2.45, 2.75) is 13.0 Å². The molecule has 1 aliphatic rings. The molecule has 2 rings (SSSR count). The van der Waals surface area contributed by atoms with Gasteiger partial charge in [-0.2, -0.15) is 0 Å². The van der Waals surface area contributed by atoms with Crippen molar-refractivity contribution in [3.05, 3.63) is 22.7 Å². The third kappa shape index (κ3) is 4.28. The van der Waals surface area contributed by atoms with Crippen LogP contribution in [0.25, 0.3) is 0 Å². The Morgan fingerprint density at radius 1 is 1.43 bits per heavy atom. The highest BCUT2D eigenvalue weighted by Crippen LogP contribution is 2.38. The Labute approximate surface area is 128 Å². The molecule has 5 nitrogen and oxygen atoms in total. The van der Waals surface area contributed by atoms with E-state index in [-0.39, 0.29) is 13.1 Å². The maximum Gasteiger partial charge on any atom is 0.317 e. The molecule has 0 saturated carbocycles. The molecule has 0 aromatic heterocycles. The van der Waals surface area contributed by atoms with Gasteiger partial charge in [0.1, 0.15) is 0 Å². The molecule has 0 bridgehead atoms. The molecule has 1 aromatic rings. The first kappa shape index (κ1) is 15.5. The van der Waals surface area contributed by atoms with E-state index >= 15 is 0 Å². The van der Waals surface area contributed by atoms with Gasteiger partial charge in [-0.05, 0) is 17.7 Å². The summed E-state index contributed by atoms with van der Waals surface area (Å²) in [5.74, 6) is 2.66. The van der Waals surface area contributed by atoms with Crippen LogP contribution >= 0.6 is 11.6 Å². The van der Waals surface area contributed by atoms with E-state index in [1.807, 2.05) is 6.07 Å². The Hall–Kier alpha value is -1.90. The van der Waals surface area contributed by atoms with Gasteiger partial charge in [0.05, 0.1) is 31.3 Å². The van der Waals surface area contributed by atoms with Crippen molar-refractivity contribution in [1.82, 2.24) is 4.90 Å². The van der Waals surface area contributed by atoms with Crippen LogP contribution in [-0.4, -0.2) is 42.3 Å². The zero-order valence-electron chi connectivity index (χ0n) is 11.5. The van der Waals surface area contributed by atoms with Gasteiger partial charge in [0.2, 0.25) is 0 Å². The zero-order valence-corrected chi connectivity index (χ0v) is 12.2. The molecule has 112 valence electrons. The van der Waals surface area contributed by atoms with Crippen LogP contribution in [0.5, 0.6) is 11.5 Å². The van der Waals surface area contributed by atoms with E-state index in [0.29, 0.717) is 36.3 Å². The minimum absolute atomic E-state index is 0.129. The highest BCUT2D eigenvalue weighted by Gasteiger charge is 2.17. The fraction of sp³-hybridized carbons (Fsp3) is 0.400. The van der Waals surface area contributed by atoms with E-state index in [1.165, 1.54) is 0 Å². The first-order valence-corrected chi connectivity index (χ1v) is 6.93. The number of benzene rings is 1. The highest BCUT2D eigenvalue weighted by molar-refractivity contribution is 6.32.